The Morgan fingerprint density at radius 2 is 2.17 bits per heavy atom. The summed E-state index contributed by atoms with van der Waals surface area (Å²) >= 11 is 0. The second kappa shape index (κ2) is 7.15. The fourth-order valence-electron chi connectivity index (χ4n) is 0.970. The van der Waals surface area contributed by atoms with Gasteiger partial charge in [0, 0.05) is 12.6 Å². The smallest absolute Gasteiger partial charge is 0.0687 e. The van der Waals surface area contributed by atoms with Crippen LogP contribution in [-0.2, 0) is 4.74 Å². The molecule has 0 aromatic rings. The fourth-order valence-corrected chi connectivity index (χ4v) is 0.970. The first kappa shape index (κ1) is 11.5. The van der Waals surface area contributed by atoms with Crippen molar-refractivity contribution in [3.63, 3.8) is 0 Å². The number of nitrogens with one attached hydrogen (secondary N) is 1. The first-order valence-electron chi connectivity index (χ1n) is 4.54. The minimum atomic E-state index is 0.181. The monoisotopic (exact) mass is 169 g/mol. The molecule has 1 N–H and O–H groups in total. The maximum atomic E-state index is 5.31. The second-order valence-corrected chi connectivity index (χ2v) is 2.85. The lowest BCUT2D eigenvalue weighted by Gasteiger charge is -2.17. The molecular formula is C10H19NO. The fraction of sp³-hybridized carbons (Fsp3) is 0.800. The molecule has 2 nitrogen and oxygen atoms in total. The predicted octanol–water partition coefficient (Wildman–Crippen LogP) is 1.41. The molecule has 0 radical (unpaired) electrons. The molecule has 2 unspecified atom stereocenters. The molecule has 0 spiro atoms. The Hall–Kier alpha value is -0.520. The van der Waals surface area contributed by atoms with E-state index in [4.69, 9.17) is 11.2 Å². The van der Waals surface area contributed by atoms with Crippen molar-refractivity contribution in [1.82, 2.24) is 5.32 Å². The molecule has 0 amide bonds. The van der Waals surface area contributed by atoms with Gasteiger partial charge in [0.05, 0.1) is 12.6 Å². The molecule has 0 aliphatic carbocycles. The number of rotatable bonds is 6. The standard InChI is InChI=1S/C10H19NO/c1-5-10(6-2)11-9(4)8-12-7-3/h1,9-11H,6-8H2,2-4H3. The molecule has 2 atom stereocenters. The lowest BCUT2D eigenvalue weighted by molar-refractivity contribution is 0.125. The molecule has 70 valence electrons. The van der Waals surface area contributed by atoms with Gasteiger partial charge in [-0.15, -0.1) is 6.42 Å². The van der Waals surface area contributed by atoms with Crippen LogP contribution in [0, 0.1) is 12.3 Å². The molecule has 0 aliphatic rings. The van der Waals surface area contributed by atoms with Crippen LogP contribution in [0.3, 0.4) is 0 Å². The molecule has 0 saturated heterocycles. The van der Waals surface area contributed by atoms with Gasteiger partial charge in [0.15, 0.2) is 0 Å². The minimum absolute atomic E-state index is 0.181. The van der Waals surface area contributed by atoms with E-state index in [2.05, 4.69) is 25.1 Å². The Bertz CT molecular complexity index is 139. The molecule has 0 bridgehead atoms. The third-order valence-electron chi connectivity index (χ3n) is 1.67. The maximum Gasteiger partial charge on any atom is 0.0687 e. The summed E-state index contributed by atoms with van der Waals surface area (Å²) < 4.78 is 5.25. The van der Waals surface area contributed by atoms with Gasteiger partial charge in [0.25, 0.3) is 0 Å². The second-order valence-electron chi connectivity index (χ2n) is 2.85. The highest BCUT2D eigenvalue weighted by Gasteiger charge is 2.06. The lowest BCUT2D eigenvalue weighted by Crippen LogP contribution is -2.38. The number of hydrogen-bond donors (Lipinski definition) is 1. The number of ether oxygens (including phenoxy) is 1. The van der Waals surface area contributed by atoms with Gasteiger partial charge in [-0.2, -0.15) is 0 Å². The largest absolute Gasteiger partial charge is 0.380 e. The van der Waals surface area contributed by atoms with Gasteiger partial charge in [-0.1, -0.05) is 12.8 Å². The summed E-state index contributed by atoms with van der Waals surface area (Å²) in [5.41, 5.74) is 0. The van der Waals surface area contributed by atoms with E-state index in [1.54, 1.807) is 0 Å². The lowest BCUT2D eigenvalue weighted by atomic mass is 10.2. The van der Waals surface area contributed by atoms with Crippen molar-refractivity contribution in [3.8, 4) is 12.3 Å². The zero-order valence-corrected chi connectivity index (χ0v) is 8.26. The molecule has 0 aliphatic heterocycles. The Kier molecular flexibility index (Phi) is 6.84. The van der Waals surface area contributed by atoms with Gasteiger partial charge in [0.1, 0.15) is 0 Å². The maximum absolute atomic E-state index is 5.31. The highest BCUT2D eigenvalue weighted by Crippen LogP contribution is 1.92. The van der Waals surface area contributed by atoms with Gasteiger partial charge < -0.3 is 4.74 Å². The van der Waals surface area contributed by atoms with E-state index < -0.39 is 0 Å². The Labute approximate surface area is 75.7 Å². The van der Waals surface area contributed by atoms with Crippen LogP contribution in [0.15, 0.2) is 0 Å². The zero-order chi connectivity index (χ0) is 9.40. The summed E-state index contributed by atoms with van der Waals surface area (Å²) in [5, 5.41) is 3.29. The molecule has 0 saturated carbocycles. The molecule has 0 aromatic heterocycles. The van der Waals surface area contributed by atoms with Crippen LogP contribution in [-0.4, -0.2) is 25.3 Å². The average Bonchev–Trinajstić information content (AvgIpc) is 2.10. The topological polar surface area (TPSA) is 21.3 Å². The van der Waals surface area contributed by atoms with Gasteiger partial charge in [-0.3, -0.25) is 5.32 Å². The van der Waals surface area contributed by atoms with E-state index in [-0.39, 0.29) is 6.04 Å². The SMILES string of the molecule is C#CC(CC)NC(C)COCC. The van der Waals surface area contributed by atoms with E-state index in [9.17, 15) is 0 Å². The first-order valence-corrected chi connectivity index (χ1v) is 4.54. The third kappa shape index (κ3) is 5.17. The van der Waals surface area contributed by atoms with E-state index in [1.807, 2.05) is 6.92 Å². The van der Waals surface area contributed by atoms with Gasteiger partial charge in [-0.05, 0) is 20.3 Å². The molecule has 0 fully saturated rings. The molecule has 0 aromatic carbocycles. The highest BCUT2D eigenvalue weighted by atomic mass is 16.5. The van der Waals surface area contributed by atoms with Crippen LogP contribution in [0.1, 0.15) is 27.2 Å². The van der Waals surface area contributed by atoms with Gasteiger partial charge in [0.2, 0.25) is 0 Å². The summed E-state index contributed by atoms with van der Waals surface area (Å²) in [6, 6.07) is 0.520. The van der Waals surface area contributed by atoms with Gasteiger partial charge >= 0.3 is 0 Å². The molecule has 12 heavy (non-hydrogen) atoms. The van der Waals surface area contributed by atoms with Crippen LogP contribution in [0.2, 0.25) is 0 Å². The molecule has 0 heterocycles. The normalized spacial score (nSPS) is 15.2. The Morgan fingerprint density at radius 3 is 2.58 bits per heavy atom. The van der Waals surface area contributed by atoms with Crippen LogP contribution < -0.4 is 5.32 Å². The Balaban J connectivity index is 3.53. The number of terminal acetylenes is 1. The summed E-state index contributed by atoms with van der Waals surface area (Å²) in [7, 11) is 0. The zero-order valence-electron chi connectivity index (χ0n) is 8.26. The Morgan fingerprint density at radius 1 is 1.50 bits per heavy atom. The van der Waals surface area contributed by atoms with E-state index in [1.165, 1.54) is 0 Å². The summed E-state index contributed by atoms with van der Waals surface area (Å²) in [4.78, 5) is 0. The molecule has 2 heteroatoms. The van der Waals surface area contributed by atoms with Crippen LogP contribution >= 0.6 is 0 Å². The van der Waals surface area contributed by atoms with Crippen molar-refractivity contribution in [2.45, 2.75) is 39.3 Å². The van der Waals surface area contributed by atoms with Crippen molar-refractivity contribution in [3.05, 3.63) is 0 Å². The summed E-state index contributed by atoms with van der Waals surface area (Å²) in [5.74, 6) is 2.69. The third-order valence-corrected chi connectivity index (χ3v) is 1.67. The highest BCUT2D eigenvalue weighted by molar-refractivity contribution is 4.98. The van der Waals surface area contributed by atoms with Crippen molar-refractivity contribution in [2.24, 2.45) is 0 Å². The minimum Gasteiger partial charge on any atom is -0.380 e. The number of hydrogen-bond acceptors (Lipinski definition) is 2. The van der Waals surface area contributed by atoms with Crippen molar-refractivity contribution in [1.29, 1.82) is 0 Å². The quantitative estimate of drug-likeness (QED) is 0.607. The summed E-state index contributed by atoms with van der Waals surface area (Å²) in [6.45, 7) is 7.64. The van der Waals surface area contributed by atoms with Crippen molar-refractivity contribution >= 4 is 0 Å². The van der Waals surface area contributed by atoms with E-state index in [0.717, 1.165) is 19.6 Å². The molecular weight excluding hydrogens is 150 g/mol. The van der Waals surface area contributed by atoms with Crippen molar-refractivity contribution < 1.29 is 4.74 Å². The van der Waals surface area contributed by atoms with Gasteiger partial charge in [-0.25, -0.2) is 0 Å². The van der Waals surface area contributed by atoms with Crippen LogP contribution in [0.4, 0.5) is 0 Å². The van der Waals surface area contributed by atoms with Crippen molar-refractivity contribution in [2.75, 3.05) is 13.2 Å². The van der Waals surface area contributed by atoms with E-state index >= 15 is 0 Å². The van der Waals surface area contributed by atoms with E-state index in [0.29, 0.717) is 6.04 Å². The molecule has 0 rings (SSSR count). The first-order chi connectivity index (χ1) is 5.74. The predicted molar refractivity (Wildman–Crippen MR) is 52.0 cm³/mol. The summed E-state index contributed by atoms with van der Waals surface area (Å²) in [6.07, 6.45) is 6.27. The van der Waals surface area contributed by atoms with Crippen LogP contribution in [0.5, 0.6) is 0 Å². The average molecular weight is 169 g/mol. The van der Waals surface area contributed by atoms with Crippen LogP contribution in [0.25, 0.3) is 0 Å².